The number of Topliss-reactive ketones (excluding diaryl/α,β-unsaturated/α-hetero) is 2. The number of aryl methyl sites for hydroxylation is 2. The Kier molecular flexibility index (Phi) is 15.5. The third-order valence-electron chi connectivity index (χ3n) is 10.2. The van der Waals surface area contributed by atoms with E-state index in [4.69, 9.17) is 13.8 Å². The quantitative estimate of drug-likeness (QED) is 0.0296. The van der Waals surface area contributed by atoms with E-state index >= 15 is 0 Å². The number of piperidine rings is 1. The van der Waals surface area contributed by atoms with E-state index in [2.05, 4.69) is 117 Å². The van der Waals surface area contributed by atoms with Crippen molar-refractivity contribution in [1.29, 1.82) is 0 Å². The normalized spacial score (nSPS) is 17.4. The van der Waals surface area contributed by atoms with Crippen LogP contribution in [-0.2, 0) is 45.7 Å². The molecule has 1 aliphatic carbocycles. The van der Waals surface area contributed by atoms with Gasteiger partial charge in [0.25, 0.3) is 0 Å². The van der Waals surface area contributed by atoms with Gasteiger partial charge < -0.3 is 19.8 Å². The second-order valence-electron chi connectivity index (χ2n) is 15.0. The molecule has 19 heteroatoms. The average Bonchev–Trinajstić information content (AvgIpc) is 3.64. The number of phosphoric ester groups is 1. The van der Waals surface area contributed by atoms with Crippen LogP contribution in [0.15, 0.2) is 111 Å². The van der Waals surface area contributed by atoms with Gasteiger partial charge in [0.1, 0.15) is 53.5 Å². The first-order valence-electron chi connectivity index (χ1n) is 19.9. The maximum absolute atomic E-state index is 14.0. The Morgan fingerprint density at radius 1 is 0.985 bits per heavy atom. The SMILES string of the molecule is C=C=C=C=C=C=C=C=C=C=C=C(C)OCCOP(=O)(O)OCC(=O)CCc1ncc(-c2cc3c(C(C)=O)nn(CC(=O)N4[C@H](C(=O)Nc5nc(Br)ccc5C)C[C@@]5(C)C[C@@H]45)c3cn2)cn1. The second-order valence-corrected chi connectivity index (χ2v) is 17.3. The summed E-state index contributed by atoms with van der Waals surface area (Å²) >= 11 is 3.34. The number of halogens is 1. The fourth-order valence-corrected chi connectivity index (χ4v) is 7.87. The lowest BCUT2D eigenvalue weighted by Gasteiger charge is -2.27. The number of allylic oxidation sites excluding steroid dienone is 1. The second kappa shape index (κ2) is 21.2. The summed E-state index contributed by atoms with van der Waals surface area (Å²) in [7, 11) is -4.56. The molecule has 0 bridgehead atoms. The number of hydrogen-bond acceptors (Lipinski definition) is 13. The van der Waals surface area contributed by atoms with Gasteiger partial charge >= 0.3 is 7.82 Å². The number of ether oxygens (including phenoxy) is 1. The molecule has 0 spiro atoms. The molecule has 4 aromatic rings. The Balaban J connectivity index is 1.02. The number of carbonyl (C=O) groups is 4. The van der Waals surface area contributed by atoms with Crippen molar-refractivity contribution >= 4 is 63.9 Å². The number of nitrogens with one attached hydrogen (secondary N) is 1. The molecule has 2 aliphatic rings. The van der Waals surface area contributed by atoms with E-state index in [1.165, 1.54) is 30.2 Å². The van der Waals surface area contributed by atoms with Gasteiger partial charge in [0, 0.05) is 56.1 Å². The van der Waals surface area contributed by atoms with Gasteiger partial charge in [0.15, 0.2) is 11.6 Å². The van der Waals surface area contributed by atoms with Crippen molar-refractivity contribution in [3.8, 4) is 11.3 Å². The Labute approximate surface area is 381 Å². The molecule has 17 nitrogen and oxygen atoms in total. The minimum Gasteiger partial charge on any atom is -0.487 e. The van der Waals surface area contributed by atoms with Crippen LogP contribution in [0.4, 0.5) is 5.82 Å². The van der Waals surface area contributed by atoms with Gasteiger partial charge in [-0.1, -0.05) is 18.7 Å². The van der Waals surface area contributed by atoms with Crippen molar-refractivity contribution < 1.29 is 42.4 Å². The molecule has 4 aromatic heterocycles. The van der Waals surface area contributed by atoms with Crippen LogP contribution in [0.2, 0.25) is 0 Å². The molecule has 5 heterocycles. The highest BCUT2D eigenvalue weighted by atomic mass is 79.9. The van der Waals surface area contributed by atoms with Crippen molar-refractivity contribution in [1.82, 2.24) is 34.6 Å². The number of fused-ring (bicyclic) bond motifs is 2. The zero-order valence-electron chi connectivity index (χ0n) is 35.7. The van der Waals surface area contributed by atoms with Crippen LogP contribution in [0.5, 0.6) is 0 Å². The van der Waals surface area contributed by atoms with E-state index in [9.17, 15) is 28.6 Å². The summed E-state index contributed by atoms with van der Waals surface area (Å²) in [6.07, 6.45) is 5.87. The summed E-state index contributed by atoms with van der Waals surface area (Å²) in [5.41, 5.74) is 27.0. The molecule has 6 rings (SSSR count). The molecule has 4 atom stereocenters. The van der Waals surface area contributed by atoms with E-state index in [1.54, 1.807) is 24.0 Å². The predicted molar refractivity (Wildman–Crippen MR) is 237 cm³/mol. The van der Waals surface area contributed by atoms with E-state index in [0.29, 0.717) is 44.8 Å². The van der Waals surface area contributed by atoms with Gasteiger partial charge in [0.2, 0.25) is 11.8 Å². The number of amides is 2. The highest BCUT2D eigenvalue weighted by Gasteiger charge is 2.64. The van der Waals surface area contributed by atoms with Gasteiger partial charge in [-0.25, -0.2) is 19.5 Å². The highest BCUT2D eigenvalue weighted by Crippen LogP contribution is 2.59. The summed E-state index contributed by atoms with van der Waals surface area (Å²) in [5, 5.41) is 7.88. The molecule has 0 radical (unpaired) electrons. The van der Waals surface area contributed by atoms with Crippen LogP contribution in [0.3, 0.4) is 0 Å². The number of phosphoric acid groups is 1. The van der Waals surface area contributed by atoms with Crippen molar-refractivity contribution in [2.24, 2.45) is 5.41 Å². The zero-order valence-corrected chi connectivity index (χ0v) is 38.1. The maximum Gasteiger partial charge on any atom is 0.472 e. The Hall–Kier alpha value is -6.94. The fraction of sp³-hybridized carbons (Fsp3) is 0.326. The highest BCUT2D eigenvalue weighted by molar-refractivity contribution is 9.10. The molecule has 1 aliphatic heterocycles. The van der Waals surface area contributed by atoms with Gasteiger partial charge in [-0.05, 0) is 117 Å². The Morgan fingerprint density at radius 3 is 2.40 bits per heavy atom. The molecule has 2 fully saturated rings. The number of anilines is 1. The lowest BCUT2D eigenvalue weighted by atomic mass is 10.0. The smallest absolute Gasteiger partial charge is 0.472 e. The number of carbonyl (C=O) groups excluding carboxylic acids is 4. The standard InChI is InChI=1S/C46H40BrN8O9P/c1-6-7-8-9-10-11-12-13-14-15-31(3)62-20-21-63-65(60,61)64-29-34(57)17-19-41-49-25-33(26-50-41)36-22-35-38(27-48-36)54(53-43(35)32(4)56)28-42(58)55-37(23-46(5)24-39(46)55)45(59)52-44-30(2)16-18-40(47)51-44/h16,18,22,25-27,37,39H,1,17,19-21,23-24,28-29H2,2-5H3,(H,60,61)(H,51,52,59)/t37-,39+,46-/m0/s1. The topological polar surface area (TPSA) is 218 Å². The van der Waals surface area contributed by atoms with Crippen molar-refractivity contribution in [3.63, 3.8) is 0 Å². The van der Waals surface area contributed by atoms with Crippen LogP contribution in [-0.4, -0.2) is 94.8 Å². The van der Waals surface area contributed by atoms with E-state index in [-0.39, 0.29) is 73.1 Å². The first-order chi connectivity index (χ1) is 31.1. The molecule has 2 N–H and O–H groups in total. The average molecular weight is 960 g/mol. The van der Waals surface area contributed by atoms with Crippen LogP contribution in [0, 0.1) is 12.3 Å². The third-order valence-corrected chi connectivity index (χ3v) is 11.6. The summed E-state index contributed by atoms with van der Waals surface area (Å²) in [5.74, 6) is -0.419. The fourth-order valence-electron chi connectivity index (χ4n) is 6.88. The minimum absolute atomic E-state index is 0.0861. The summed E-state index contributed by atoms with van der Waals surface area (Å²) in [6.45, 7) is 8.84. The number of ketones is 2. The van der Waals surface area contributed by atoms with E-state index in [0.717, 1.165) is 12.0 Å². The first kappa shape index (κ1) is 47.5. The van der Waals surface area contributed by atoms with Gasteiger partial charge in [-0.3, -0.25) is 37.9 Å². The number of aromatic nitrogens is 6. The number of nitrogens with zero attached hydrogens (tertiary/aromatic N) is 7. The minimum atomic E-state index is -4.56. The largest absolute Gasteiger partial charge is 0.487 e. The zero-order chi connectivity index (χ0) is 46.7. The van der Waals surface area contributed by atoms with Crippen LogP contribution >= 0.6 is 23.8 Å². The molecular weight excluding hydrogens is 919 g/mol. The Morgan fingerprint density at radius 2 is 1.69 bits per heavy atom. The lowest BCUT2D eigenvalue weighted by Crippen LogP contribution is -2.47. The molecule has 330 valence electrons. The predicted octanol–water partition coefficient (Wildman–Crippen LogP) is 6.31. The van der Waals surface area contributed by atoms with Crippen LogP contribution < -0.4 is 5.32 Å². The molecular formula is C46H40BrN8O9P. The Bertz CT molecular complexity index is 3050. The number of hydrogen-bond donors (Lipinski definition) is 2. The van der Waals surface area contributed by atoms with Crippen LogP contribution in [0.1, 0.15) is 61.9 Å². The molecule has 1 saturated heterocycles. The number of rotatable bonds is 17. The summed E-state index contributed by atoms with van der Waals surface area (Å²) < 4.78 is 29.3. The third kappa shape index (κ3) is 12.6. The number of likely N-dealkylation sites (tertiary alicyclic amines) is 1. The van der Waals surface area contributed by atoms with Gasteiger partial charge in [-0.15, -0.1) is 0 Å². The molecule has 65 heavy (non-hydrogen) atoms. The lowest BCUT2D eigenvalue weighted by molar-refractivity contribution is -0.138. The van der Waals surface area contributed by atoms with Crippen molar-refractivity contribution in [2.45, 2.75) is 72.0 Å². The maximum atomic E-state index is 14.0. The van der Waals surface area contributed by atoms with Crippen molar-refractivity contribution in [3.05, 3.63) is 128 Å². The van der Waals surface area contributed by atoms with Crippen LogP contribution in [0.25, 0.3) is 22.2 Å². The van der Waals surface area contributed by atoms with E-state index in [1.807, 2.05) is 13.0 Å². The summed E-state index contributed by atoms with van der Waals surface area (Å²) in [4.78, 5) is 82.1. The summed E-state index contributed by atoms with van der Waals surface area (Å²) in [6, 6.07) is 4.48. The number of pyridine rings is 2. The van der Waals surface area contributed by atoms with Gasteiger partial charge in [0.05, 0.1) is 24.0 Å². The molecule has 1 saturated carbocycles. The first-order valence-corrected chi connectivity index (χ1v) is 22.2. The monoisotopic (exact) mass is 958 g/mol. The molecule has 2 amide bonds. The molecule has 0 aromatic carbocycles. The molecule has 1 unspecified atom stereocenters. The van der Waals surface area contributed by atoms with E-state index < -0.39 is 26.3 Å². The van der Waals surface area contributed by atoms with Gasteiger partial charge in [-0.2, -0.15) is 5.10 Å². The van der Waals surface area contributed by atoms with Crippen molar-refractivity contribution in [2.75, 3.05) is 25.1 Å².